The van der Waals surface area contributed by atoms with Crippen molar-refractivity contribution in [1.82, 2.24) is 0 Å². The van der Waals surface area contributed by atoms with E-state index in [9.17, 15) is 0 Å². The zero-order valence-corrected chi connectivity index (χ0v) is 7.88. The van der Waals surface area contributed by atoms with Crippen LogP contribution in [0.4, 0.5) is 0 Å². The van der Waals surface area contributed by atoms with Crippen molar-refractivity contribution in [2.24, 2.45) is 11.7 Å². The Balaban J connectivity index is 1.82. The predicted octanol–water partition coefficient (Wildman–Crippen LogP) is 1.68. The van der Waals surface area contributed by atoms with Gasteiger partial charge in [-0.1, -0.05) is 0 Å². The van der Waals surface area contributed by atoms with E-state index in [4.69, 9.17) is 10.5 Å². The van der Waals surface area contributed by atoms with Gasteiger partial charge in [0.15, 0.2) is 0 Å². The minimum absolute atomic E-state index is 0.249. The zero-order chi connectivity index (χ0) is 8.60. The Bertz CT molecular complexity index is 157. The topological polar surface area (TPSA) is 35.2 Å². The summed E-state index contributed by atoms with van der Waals surface area (Å²) in [5, 5.41) is 0. The molecule has 0 aromatic carbocycles. The molecule has 2 N–H and O–H groups in total. The Morgan fingerprint density at radius 3 is 2.17 bits per heavy atom. The first-order chi connectivity index (χ1) is 5.74. The molecule has 12 heavy (non-hydrogen) atoms. The van der Waals surface area contributed by atoms with Gasteiger partial charge in [-0.15, -0.1) is 0 Å². The summed E-state index contributed by atoms with van der Waals surface area (Å²) in [6.45, 7) is 0. The van der Waals surface area contributed by atoms with E-state index in [0.29, 0.717) is 6.10 Å². The standard InChI is InChI=1S/C10H19NO/c1-12-9-4-2-8(3-5-9)10(11)6-7-10/h8-9H,2-7,11H2,1H3. The van der Waals surface area contributed by atoms with E-state index in [2.05, 4.69) is 0 Å². The number of methoxy groups -OCH3 is 1. The molecule has 0 aromatic rings. The van der Waals surface area contributed by atoms with Crippen molar-refractivity contribution in [3.8, 4) is 0 Å². The molecule has 2 nitrogen and oxygen atoms in total. The highest BCUT2D eigenvalue weighted by atomic mass is 16.5. The van der Waals surface area contributed by atoms with Gasteiger partial charge in [-0.3, -0.25) is 0 Å². The van der Waals surface area contributed by atoms with Crippen LogP contribution < -0.4 is 5.73 Å². The van der Waals surface area contributed by atoms with E-state index in [0.717, 1.165) is 5.92 Å². The first kappa shape index (κ1) is 8.52. The summed E-state index contributed by atoms with van der Waals surface area (Å²) in [4.78, 5) is 0. The van der Waals surface area contributed by atoms with E-state index in [1.165, 1.54) is 38.5 Å². The van der Waals surface area contributed by atoms with Crippen molar-refractivity contribution in [2.45, 2.75) is 50.2 Å². The van der Waals surface area contributed by atoms with Crippen LogP contribution in [0, 0.1) is 5.92 Å². The van der Waals surface area contributed by atoms with Crippen molar-refractivity contribution < 1.29 is 4.74 Å². The summed E-state index contributed by atoms with van der Waals surface area (Å²) < 4.78 is 5.33. The average Bonchev–Trinajstić information content (AvgIpc) is 2.85. The molecular weight excluding hydrogens is 150 g/mol. The molecule has 0 radical (unpaired) electrons. The van der Waals surface area contributed by atoms with Crippen LogP contribution in [0.2, 0.25) is 0 Å². The van der Waals surface area contributed by atoms with Gasteiger partial charge in [-0.05, 0) is 44.4 Å². The van der Waals surface area contributed by atoms with Gasteiger partial charge >= 0.3 is 0 Å². The van der Waals surface area contributed by atoms with Crippen LogP contribution in [0.3, 0.4) is 0 Å². The lowest BCUT2D eigenvalue weighted by atomic mass is 9.81. The molecular formula is C10H19NO. The quantitative estimate of drug-likeness (QED) is 0.682. The van der Waals surface area contributed by atoms with E-state index >= 15 is 0 Å². The van der Waals surface area contributed by atoms with Gasteiger partial charge in [0.05, 0.1) is 6.10 Å². The molecule has 2 aliphatic rings. The Morgan fingerprint density at radius 2 is 1.75 bits per heavy atom. The maximum atomic E-state index is 6.17. The van der Waals surface area contributed by atoms with Gasteiger partial charge in [0, 0.05) is 12.6 Å². The Labute approximate surface area is 74.5 Å². The molecule has 0 aliphatic heterocycles. The molecule has 0 unspecified atom stereocenters. The predicted molar refractivity (Wildman–Crippen MR) is 48.9 cm³/mol. The molecule has 0 aromatic heterocycles. The summed E-state index contributed by atoms with van der Waals surface area (Å²) in [7, 11) is 1.82. The highest BCUT2D eigenvalue weighted by molar-refractivity contribution is 5.04. The average molecular weight is 169 g/mol. The molecule has 0 amide bonds. The molecule has 2 rings (SSSR count). The highest BCUT2D eigenvalue weighted by Gasteiger charge is 2.46. The maximum Gasteiger partial charge on any atom is 0.0571 e. The van der Waals surface area contributed by atoms with E-state index in [1.54, 1.807) is 0 Å². The molecule has 2 fully saturated rings. The van der Waals surface area contributed by atoms with Gasteiger partial charge in [-0.2, -0.15) is 0 Å². The Kier molecular flexibility index (Phi) is 2.13. The van der Waals surface area contributed by atoms with Crippen LogP contribution in [0.15, 0.2) is 0 Å². The van der Waals surface area contributed by atoms with Gasteiger partial charge in [0.25, 0.3) is 0 Å². The van der Waals surface area contributed by atoms with Crippen LogP contribution in [0.1, 0.15) is 38.5 Å². The smallest absolute Gasteiger partial charge is 0.0571 e. The lowest BCUT2D eigenvalue weighted by Gasteiger charge is -2.31. The third kappa shape index (κ3) is 1.50. The molecule has 0 saturated heterocycles. The maximum absolute atomic E-state index is 6.17. The number of hydrogen-bond acceptors (Lipinski definition) is 2. The normalized spacial score (nSPS) is 39.5. The highest BCUT2D eigenvalue weighted by Crippen LogP contribution is 2.46. The molecule has 2 saturated carbocycles. The summed E-state index contributed by atoms with van der Waals surface area (Å²) in [6, 6.07) is 0. The molecule has 2 aliphatic carbocycles. The minimum atomic E-state index is 0.249. The first-order valence-electron chi connectivity index (χ1n) is 5.06. The molecule has 70 valence electrons. The molecule has 0 spiro atoms. The summed E-state index contributed by atoms with van der Waals surface area (Å²) in [6.07, 6.45) is 8.05. The Morgan fingerprint density at radius 1 is 1.17 bits per heavy atom. The number of rotatable bonds is 2. The first-order valence-corrected chi connectivity index (χ1v) is 5.06. The van der Waals surface area contributed by atoms with E-state index in [1.807, 2.05) is 7.11 Å². The van der Waals surface area contributed by atoms with Crippen LogP contribution in [0.25, 0.3) is 0 Å². The fraction of sp³-hybridized carbons (Fsp3) is 1.00. The lowest BCUT2D eigenvalue weighted by Crippen LogP contribution is -2.36. The number of ether oxygens (including phenoxy) is 1. The van der Waals surface area contributed by atoms with Crippen LogP contribution in [0.5, 0.6) is 0 Å². The summed E-state index contributed by atoms with van der Waals surface area (Å²) >= 11 is 0. The van der Waals surface area contributed by atoms with Crippen molar-refractivity contribution >= 4 is 0 Å². The summed E-state index contributed by atoms with van der Waals surface area (Å²) in [5.74, 6) is 0.795. The molecule has 0 heterocycles. The van der Waals surface area contributed by atoms with Crippen molar-refractivity contribution in [1.29, 1.82) is 0 Å². The zero-order valence-electron chi connectivity index (χ0n) is 7.88. The van der Waals surface area contributed by atoms with Crippen LogP contribution in [-0.2, 0) is 4.74 Å². The fourth-order valence-corrected chi connectivity index (χ4v) is 2.43. The van der Waals surface area contributed by atoms with Crippen LogP contribution >= 0.6 is 0 Å². The third-order valence-electron chi connectivity index (χ3n) is 3.65. The largest absolute Gasteiger partial charge is 0.381 e. The van der Waals surface area contributed by atoms with Crippen molar-refractivity contribution in [3.05, 3.63) is 0 Å². The SMILES string of the molecule is COC1CCC(C2(N)CC2)CC1. The van der Waals surface area contributed by atoms with E-state index in [-0.39, 0.29) is 5.54 Å². The second-order valence-corrected chi connectivity index (χ2v) is 4.44. The third-order valence-corrected chi connectivity index (χ3v) is 3.65. The second-order valence-electron chi connectivity index (χ2n) is 4.44. The molecule has 0 bridgehead atoms. The monoisotopic (exact) mass is 169 g/mol. The molecule has 2 heteroatoms. The number of nitrogens with two attached hydrogens (primary N) is 1. The van der Waals surface area contributed by atoms with Crippen molar-refractivity contribution in [3.63, 3.8) is 0 Å². The second kappa shape index (κ2) is 3.00. The lowest BCUT2D eigenvalue weighted by molar-refractivity contribution is 0.0511. The summed E-state index contributed by atoms with van der Waals surface area (Å²) in [5.41, 5.74) is 6.42. The molecule has 0 atom stereocenters. The van der Waals surface area contributed by atoms with Gasteiger partial charge < -0.3 is 10.5 Å². The fourth-order valence-electron chi connectivity index (χ4n) is 2.43. The van der Waals surface area contributed by atoms with Gasteiger partial charge in [0.1, 0.15) is 0 Å². The Hall–Kier alpha value is -0.0800. The van der Waals surface area contributed by atoms with E-state index < -0.39 is 0 Å². The number of hydrogen-bond donors (Lipinski definition) is 1. The van der Waals surface area contributed by atoms with Crippen molar-refractivity contribution in [2.75, 3.05) is 7.11 Å². The van der Waals surface area contributed by atoms with Gasteiger partial charge in [0.2, 0.25) is 0 Å². The van der Waals surface area contributed by atoms with Gasteiger partial charge in [-0.25, -0.2) is 0 Å². The minimum Gasteiger partial charge on any atom is -0.381 e. The van der Waals surface area contributed by atoms with Crippen LogP contribution in [-0.4, -0.2) is 18.8 Å².